The number of hydrogen-bond acceptors (Lipinski definition) is 0. The van der Waals surface area contributed by atoms with Crippen LogP contribution in [0.5, 0.6) is 0 Å². The van der Waals surface area contributed by atoms with Crippen molar-refractivity contribution in [1.82, 2.24) is 0 Å². The molecule has 0 bridgehead atoms. The van der Waals surface area contributed by atoms with E-state index in [4.69, 9.17) is 0 Å². The van der Waals surface area contributed by atoms with Gasteiger partial charge >= 0.3 is 0 Å². The van der Waals surface area contributed by atoms with Gasteiger partial charge in [0.2, 0.25) is 0 Å². The molecule has 0 aromatic heterocycles. The van der Waals surface area contributed by atoms with Crippen molar-refractivity contribution in [2.24, 2.45) is 0 Å². The maximum atomic E-state index is 11.1. The molecule has 0 atom stereocenters. The first kappa shape index (κ1) is 7.04. The fourth-order valence-electron chi connectivity index (χ4n) is 0. The quantitative estimate of drug-likeness (QED) is 0.471. The molecule has 5 heteroatoms. The number of rotatable bonds is 0. The smallest absolute Gasteiger partial charge is 0.165 e. The number of hydrogen-bond donors (Lipinski definition) is 0. The summed E-state index contributed by atoms with van der Waals surface area (Å²) in [5, 5.41) is 0. The van der Waals surface area contributed by atoms with Gasteiger partial charge in [0.25, 0.3) is 0 Å². The molecule has 0 fully saturated rings. The van der Waals surface area contributed by atoms with Crippen LogP contribution >= 0.6 is 50.1 Å². The molecular weight excluding hydrogens is 336 g/mol. The molecule has 32 valence electrons. The van der Waals surface area contributed by atoms with Crippen LogP contribution in [-0.2, 0) is 4.42 Å². The Labute approximate surface area is 58.0 Å². The van der Waals surface area contributed by atoms with Crippen molar-refractivity contribution in [2.75, 3.05) is 0 Å². The van der Waals surface area contributed by atoms with E-state index < -0.39 is 0 Å². The molecule has 0 saturated heterocycles. The molecule has 0 aromatic rings. The molecule has 0 N–H and O–H groups in total. The molecule has 0 amide bonds. The first-order chi connectivity index (χ1) is 2.27. The molecule has 0 rings (SSSR count). The van der Waals surface area contributed by atoms with Crippen LogP contribution in [0.15, 0.2) is 0 Å². The summed E-state index contributed by atoms with van der Waals surface area (Å²) in [5.74, 6) is 0. The summed E-state index contributed by atoms with van der Waals surface area (Å²) in [5.41, 5.74) is 0. The first-order valence-electron chi connectivity index (χ1n) is 0.660. The predicted octanol–water partition coefficient (Wildman–Crippen LogP) is 3.05. The van der Waals surface area contributed by atoms with Gasteiger partial charge in [-0.2, -0.15) is 4.20 Å². The van der Waals surface area contributed by atoms with Gasteiger partial charge in [0, 0.05) is 42.4 Å². The largest absolute Gasteiger partial charge is 0.176 e. The normalized spacial score (nSPS) is 10.4. The van der Waals surface area contributed by atoms with E-state index in [-0.39, 0.29) is 12.1 Å². The summed E-state index contributed by atoms with van der Waals surface area (Å²) in [4.78, 5) is 0. The molecular formula is FI2PS. The van der Waals surface area contributed by atoms with Gasteiger partial charge in [0.15, 0.2) is 7.67 Å². The zero-order valence-electron chi connectivity index (χ0n) is 1.99. The lowest BCUT2D eigenvalue weighted by Gasteiger charge is -1.65. The summed E-state index contributed by atoms with van der Waals surface area (Å²) in [7, 11) is -0.00198. The van der Waals surface area contributed by atoms with Crippen molar-refractivity contribution in [1.29, 1.82) is 0 Å². The summed E-state index contributed by atoms with van der Waals surface area (Å²) >= 11 is 4.07. The Hall–Kier alpha value is 2.04. The summed E-state index contributed by atoms with van der Waals surface area (Å²) in [6, 6.07) is 0. The van der Waals surface area contributed by atoms with E-state index in [1.807, 2.05) is 42.4 Å². The van der Waals surface area contributed by atoms with Crippen LogP contribution in [0.4, 0.5) is 4.20 Å². The summed E-state index contributed by atoms with van der Waals surface area (Å²) < 4.78 is 11.0. The van der Waals surface area contributed by atoms with Crippen molar-refractivity contribution in [3.05, 3.63) is 0 Å². The van der Waals surface area contributed by atoms with Crippen LogP contribution in [0.3, 0.4) is 0 Å². The van der Waals surface area contributed by atoms with Crippen molar-refractivity contribution < 1.29 is 4.20 Å². The van der Waals surface area contributed by atoms with Crippen molar-refractivity contribution in [3.8, 4) is 0 Å². The third kappa shape index (κ3) is 6.04. The van der Waals surface area contributed by atoms with E-state index in [1.54, 1.807) is 0 Å². The second-order valence-electron chi connectivity index (χ2n) is 0.265. The molecule has 0 aliphatic carbocycles. The average molecular weight is 336 g/mol. The molecule has 0 nitrogen and oxygen atoms in total. The Kier molecular flexibility index (Phi) is 5.92. The Balaban J connectivity index is 3.14. The van der Waals surface area contributed by atoms with Crippen LogP contribution in [0, 0.1) is 0 Å². The number of halogens is 3. The maximum absolute atomic E-state index is 11.1. The third-order valence-corrected chi connectivity index (χ3v) is 3.15. The first-order valence-corrected chi connectivity index (χ1v) is 8.36. The average Bonchev–Trinajstić information content (AvgIpc) is 1.38. The zero-order chi connectivity index (χ0) is 4.28. The molecule has 0 aliphatic heterocycles. The van der Waals surface area contributed by atoms with Crippen LogP contribution in [-0.4, -0.2) is 0 Å². The third-order valence-electron chi connectivity index (χ3n) is 0.0522. The molecule has 0 unspecified atom stereocenters. The van der Waals surface area contributed by atoms with Gasteiger partial charge in [-0.15, -0.1) is 0 Å². The van der Waals surface area contributed by atoms with Crippen LogP contribution in [0.2, 0.25) is 0 Å². The van der Waals surface area contributed by atoms with E-state index in [9.17, 15) is 4.20 Å². The topological polar surface area (TPSA) is 0 Å². The highest BCUT2D eigenvalue weighted by molar-refractivity contribution is 14.3. The fourth-order valence-corrected chi connectivity index (χ4v) is 0. The minimum Gasteiger partial charge on any atom is -0.176 e. The Morgan fingerprint density at radius 1 is 1.60 bits per heavy atom. The lowest BCUT2D eigenvalue weighted by atomic mass is 18.9. The lowest BCUT2D eigenvalue weighted by molar-refractivity contribution is 0.939. The standard InChI is InChI=1S/FI2PS/c1-4-5(2)3. The van der Waals surface area contributed by atoms with Crippen LogP contribution < -0.4 is 0 Å². The van der Waals surface area contributed by atoms with Crippen molar-refractivity contribution in [3.63, 3.8) is 0 Å². The second-order valence-corrected chi connectivity index (χ2v) is 16.8. The van der Waals surface area contributed by atoms with Crippen molar-refractivity contribution >= 4 is 54.5 Å². The maximum Gasteiger partial charge on any atom is 0.165 e. The van der Waals surface area contributed by atoms with Gasteiger partial charge in [0.05, 0.1) is 0 Å². The molecule has 0 heterocycles. The van der Waals surface area contributed by atoms with Gasteiger partial charge in [0.1, 0.15) is 0 Å². The second kappa shape index (κ2) is 4.21. The van der Waals surface area contributed by atoms with Gasteiger partial charge in [-0.3, -0.25) is 0 Å². The fraction of sp³-hybridized carbons (Fsp3) is 0. The van der Waals surface area contributed by atoms with Gasteiger partial charge < -0.3 is 0 Å². The Morgan fingerprint density at radius 2 is 1.80 bits per heavy atom. The van der Waals surface area contributed by atoms with Gasteiger partial charge in [-0.1, -0.05) is 0 Å². The predicted molar refractivity (Wildman–Crippen MR) is 43.4 cm³/mol. The molecule has 0 saturated carbocycles. The SMILES string of the molecule is FP=S(I)I. The van der Waals surface area contributed by atoms with E-state index >= 15 is 0 Å². The van der Waals surface area contributed by atoms with E-state index in [2.05, 4.69) is 0 Å². The van der Waals surface area contributed by atoms with Crippen LogP contribution in [0.1, 0.15) is 0 Å². The van der Waals surface area contributed by atoms with E-state index in [0.29, 0.717) is 0 Å². The molecule has 5 heavy (non-hydrogen) atoms. The van der Waals surface area contributed by atoms with E-state index in [1.165, 1.54) is 0 Å². The summed E-state index contributed by atoms with van der Waals surface area (Å²) in [6.07, 6.45) is 0. The minimum absolute atomic E-state index is 0.00198. The Bertz CT molecular complexity index is 47.6. The van der Waals surface area contributed by atoms with Gasteiger partial charge in [-0.25, -0.2) is 0 Å². The minimum atomic E-state index is -0.0770. The monoisotopic (exact) mass is 336 g/mol. The molecule has 0 aliphatic rings. The molecule has 0 radical (unpaired) electrons. The molecule has 0 spiro atoms. The highest BCUT2D eigenvalue weighted by Crippen LogP contribution is 2.19. The molecule has 0 aromatic carbocycles. The van der Waals surface area contributed by atoms with Crippen LogP contribution in [0.25, 0.3) is 0 Å². The lowest BCUT2D eigenvalue weighted by Crippen LogP contribution is -1.26. The highest BCUT2D eigenvalue weighted by atomic mass is 127. The highest BCUT2D eigenvalue weighted by Gasteiger charge is 1.69. The van der Waals surface area contributed by atoms with Gasteiger partial charge in [-0.05, 0) is 4.42 Å². The zero-order valence-corrected chi connectivity index (χ0v) is 8.02. The van der Waals surface area contributed by atoms with E-state index in [0.717, 1.165) is 0 Å². The van der Waals surface area contributed by atoms with Crippen molar-refractivity contribution in [2.45, 2.75) is 0 Å². The summed E-state index contributed by atoms with van der Waals surface area (Å²) in [6.45, 7) is 0. The Morgan fingerprint density at radius 3 is 1.80 bits per heavy atom.